The SMILES string of the molecule is CCCCCN1CCCCC1C(=O)Nc1c(C)cccc1C. The molecule has 22 heavy (non-hydrogen) atoms. The van der Waals surface area contributed by atoms with Crippen molar-refractivity contribution in [3.8, 4) is 0 Å². The van der Waals surface area contributed by atoms with Crippen molar-refractivity contribution in [2.75, 3.05) is 18.4 Å². The van der Waals surface area contributed by atoms with Crippen LogP contribution < -0.4 is 5.32 Å². The van der Waals surface area contributed by atoms with E-state index >= 15 is 0 Å². The van der Waals surface area contributed by atoms with E-state index in [0.29, 0.717) is 0 Å². The Balaban J connectivity index is 2.02. The summed E-state index contributed by atoms with van der Waals surface area (Å²) >= 11 is 0. The molecule has 1 unspecified atom stereocenters. The van der Waals surface area contributed by atoms with Crippen molar-refractivity contribution in [1.82, 2.24) is 4.90 Å². The molecule has 0 aliphatic carbocycles. The first-order valence-corrected chi connectivity index (χ1v) is 8.74. The largest absolute Gasteiger partial charge is 0.324 e. The van der Waals surface area contributed by atoms with Crippen molar-refractivity contribution in [2.24, 2.45) is 0 Å². The van der Waals surface area contributed by atoms with Gasteiger partial charge in [0.05, 0.1) is 6.04 Å². The van der Waals surface area contributed by atoms with E-state index in [1.54, 1.807) is 0 Å². The van der Waals surface area contributed by atoms with Crippen molar-refractivity contribution in [1.29, 1.82) is 0 Å². The molecule has 0 aromatic heterocycles. The maximum absolute atomic E-state index is 12.8. The van der Waals surface area contributed by atoms with Crippen LogP contribution in [0.3, 0.4) is 0 Å². The Labute approximate surface area is 135 Å². The van der Waals surface area contributed by atoms with Gasteiger partial charge in [-0.2, -0.15) is 0 Å². The van der Waals surface area contributed by atoms with E-state index in [0.717, 1.165) is 42.7 Å². The van der Waals surface area contributed by atoms with Crippen molar-refractivity contribution >= 4 is 11.6 Å². The standard InChI is InChI=1S/C19H30N2O/c1-4-5-7-13-21-14-8-6-12-17(21)19(22)20-18-15(2)10-9-11-16(18)3/h9-11,17H,4-8,12-14H2,1-3H3,(H,20,22). The third-order valence-corrected chi connectivity index (χ3v) is 4.69. The monoisotopic (exact) mass is 302 g/mol. The predicted molar refractivity (Wildman–Crippen MR) is 93.3 cm³/mol. The molecule has 122 valence electrons. The number of hydrogen-bond donors (Lipinski definition) is 1. The van der Waals surface area contributed by atoms with Crippen LogP contribution in [0.5, 0.6) is 0 Å². The van der Waals surface area contributed by atoms with Gasteiger partial charge in [0.25, 0.3) is 0 Å². The number of likely N-dealkylation sites (tertiary alicyclic amines) is 1. The summed E-state index contributed by atoms with van der Waals surface area (Å²) in [6.07, 6.45) is 7.05. The summed E-state index contributed by atoms with van der Waals surface area (Å²) in [5, 5.41) is 3.19. The topological polar surface area (TPSA) is 32.3 Å². The third-order valence-electron chi connectivity index (χ3n) is 4.69. The lowest BCUT2D eigenvalue weighted by Gasteiger charge is -2.34. The van der Waals surface area contributed by atoms with Crippen LogP contribution in [-0.2, 0) is 4.79 Å². The molecule has 1 atom stereocenters. The minimum Gasteiger partial charge on any atom is -0.324 e. The van der Waals surface area contributed by atoms with Crippen molar-refractivity contribution in [3.63, 3.8) is 0 Å². The first-order chi connectivity index (χ1) is 10.6. The first kappa shape index (κ1) is 17.0. The molecular formula is C19H30N2O. The highest BCUT2D eigenvalue weighted by atomic mass is 16.2. The van der Waals surface area contributed by atoms with Crippen LogP contribution in [0.25, 0.3) is 0 Å². The second-order valence-corrected chi connectivity index (χ2v) is 6.51. The predicted octanol–water partition coefficient (Wildman–Crippen LogP) is 4.29. The highest BCUT2D eigenvalue weighted by Crippen LogP contribution is 2.23. The summed E-state index contributed by atoms with van der Waals surface area (Å²) < 4.78 is 0. The number of unbranched alkanes of at least 4 members (excludes halogenated alkanes) is 2. The van der Waals surface area contributed by atoms with Gasteiger partial charge >= 0.3 is 0 Å². The second-order valence-electron chi connectivity index (χ2n) is 6.51. The third kappa shape index (κ3) is 4.33. The molecule has 1 aromatic rings. The molecule has 1 amide bonds. The Morgan fingerprint density at radius 2 is 1.95 bits per heavy atom. The first-order valence-electron chi connectivity index (χ1n) is 8.74. The summed E-state index contributed by atoms with van der Waals surface area (Å²) in [5.74, 6) is 0.175. The number of carbonyl (C=O) groups is 1. The lowest BCUT2D eigenvalue weighted by Crippen LogP contribution is -2.47. The van der Waals surface area contributed by atoms with Crippen molar-refractivity contribution in [2.45, 2.75) is 65.3 Å². The molecule has 3 nitrogen and oxygen atoms in total. The van der Waals surface area contributed by atoms with Gasteiger partial charge in [0.15, 0.2) is 0 Å². The summed E-state index contributed by atoms with van der Waals surface area (Å²) in [6.45, 7) is 8.46. The van der Waals surface area contributed by atoms with Crippen LogP contribution in [0.4, 0.5) is 5.69 Å². The molecule has 1 aromatic carbocycles. The molecule has 1 fully saturated rings. The number of carbonyl (C=O) groups excluding carboxylic acids is 1. The normalized spacial score (nSPS) is 19.1. The number of anilines is 1. The quantitative estimate of drug-likeness (QED) is 0.795. The number of hydrogen-bond acceptors (Lipinski definition) is 2. The van der Waals surface area contributed by atoms with E-state index in [4.69, 9.17) is 0 Å². The van der Waals surface area contributed by atoms with Crippen LogP contribution in [0.15, 0.2) is 18.2 Å². The van der Waals surface area contributed by atoms with E-state index in [2.05, 4.69) is 43.1 Å². The average Bonchev–Trinajstić information content (AvgIpc) is 2.51. The molecule has 1 heterocycles. The molecule has 0 saturated carbocycles. The van der Waals surface area contributed by atoms with Gasteiger partial charge in [-0.25, -0.2) is 0 Å². The van der Waals surface area contributed by atoms with Gasteiger partial charge in [-0.05, 0) is 57.3 Å². The number of rotatable bonds is 6. The highest BCUT2D eigenvalue weighted by Gasteiger charge is 2.28. The maximum Gasteiger partial charge on any atom is 0.241 e. The minimum atomic E-state index is 0.0459. The average molecular weight is 302 g/mol. The van der Waals surface area contributed by atoms with Gasteiger partial charge in [0.1, 0.15) is 0 Å². The number of nitrogens with one attached hydrogen (secondary N) is 1. The molecule has 1 saturated heterocycles. The Kier molecular flexibility index (Phi) is 6.44. The van der Waals surface area contributed by atoms with Gasteiger partial charge in [0, 0.05) is 5.69 Å². The summed E-state index contributed by atoms with van der Waals surface area (Å²) in [6, 6.07) is 6.20. The molecule has 0 spiro atoms. The van der Waals surface area contributed by atoms with E-state index in [1.807, 2.05) is 6.07 Å². The number of nitrogens with zero attached hydrogens (tertiary/aromatic N) is 1. The molecule has 2 rings (SSSR count). The summed E-state index contributed by atoms with van der Waals surface area (Å²) in [4.78, 5) is 15.2. The molecule has 0 radical (unpaired) electrons. The van der Waals surface area contributed by atoms with Crippen LogP contribution in [-0.4, -0.2) is 29.9 Å². The number of piperidine rings is 1. The van der Waals surface area contributed by atoms with E-state index < -0.39 is 0 Å². The Morgan fingerprint density at radius 3 is 2.64 bits per heavy atom. The van der Waals surface area contributed by atoms with E-state index in [-0.39, 0.29) is 11.9 Å². The van der Waals surface area contributed by atoms with Gasteiger partial charge in [-0.3, -0.25) is 9.69 Å². The number of para-hydroxylation sites is 1. The van der Waals surface area contributed by atoms with Gasteiger partial charge in [-0.1, -0.05) is 44.4 Å². The molecule has 1 aliphatic rings. The fraction of sp³-hybridized carbons (Fsp3) is 0.632. The zero-order chi connectivity index (χ0) is 15.9. The molecule has 1 aliphatic heterocycles. The Bertz CT molecular complexity index is 478. The number of amides is 1. The lowest BCUT2D eigenvalue weighted by atomic mass is 10.00. The fourth-order valence-corrected chi connectivity index (χ4v) is 3.34. The van der Waals surface area contributed by atoms with Crippen LogP contribution in [0.1, 0.15) is 56.6 Å². The number of benzene rings is 1. The van der Waals surface area contributed by atoms with Crippen LogP contribution in [0, 0.1) is 13.8 Å². The molecule has 3 heteroatoms. The highest BCUT2D eigenvalue weighted by molar-refractivity contribution is 5.96. The molecular weight excluding hydrogens is 272 g/mol. The summed E-state index contributed by atoms with van der Waals surface area (Å²) in [7, 11) is 0. The second kappa shape index (κ2) is 8.33. The van der Waals surface area contributed by atoms with E-state index in [9.17, 15) is 4.79 Å². The number of aryl methyl sites for hydroxylation is 2. The molecule has 1 N–H and O–H groups in total. The Hall–Kier alpha value is -1.35. The zero-order valence-electron chi connectivity index (χ0n) is 14.3. The smallest absolute Gasteiger partial charge is 0.241 e. The van der Waals surface area contributed by atoms with Crippen LogP contribution >= 0.6 is 0 Å². The fourth-order valence-electron chi connectivity index (χ4n) is 3.34. The van der Waals surface area contributed by atoms with Gasteiger partial charge in [0.2, 0.25) is 5.91 Å². The van der Waals surface area contributed by atoms with Crippen molar-refractivity contribution in [3.05, 3.63) is 29.3 Å². The lowest BCUT2D eigenvalue weighted by molar-refractivity contribution is -0.122. The van der Waals surface area contributed by atoms with Gasteiger partial charge in [-0.15, -0.1) is 0 Å². The van der Waals surface area contributed by atoms with Gasteiger partial charge < -0.3 is 5.32 Å². The Morgan fingerprint density at radius 1 is 1.23 bits per heavy atom. The van der Waals surface area contributed by atoms with E-state index in [1.165, 1.54) is 25.7 Å². The minimum absolute atomic E-state index is 0.0459. The molecule has 0 bridgehead atoms. The zero-order valence-corrected chi connectivity index (χ0v) is 14.3. The van der Waals surface area contributed by atoms with Crippen LogP contribution in [0.2, 0.25) is 0 Å². The maximum atomic E-state index is 12.8. The summed E-state index contributed by atoms with van der Waals surface area (Å²) in [5.41, 5.74) is 3.27. The van der Waals surface area contributed by atoms with Crippen molar-refractivity contribution < 1.29 is 4.79 Å².